The molecule has 29 heavy (non-hydrogen) atoms. The predicted molar refractivity (Wildman–Crippen MR) is 111 cm³/mol. The fourth-order valence-corrected chi connectivity index (χ4v) is 3.58. The SMILES string of the molecule is CCOC(=O)c1c(NC(=O)c2cccc(OC)c2)sc(C(=O)OCC(C)C)c1C. The van der Waals surface area contributed by atoms with Gasteiger partial charge in [-0.15, -0.1) is 11.3 Å². The van der Waals surface area contributed by atoms with Crippen LogP contribution in [0, 0.1) is 12.8 Å². The minimum absolute atomic E-state index is 0.157. The summed E-state index contributed by atoms with van der Waals surface area (Å²) >= 11 is 0.994. The molecule has 1 amide bonds. The summed E-state index contributed by atoms with van der Waals surface area (Å²) < 4.78 is 15.5. The summed E-state index contributed by atoms with van der Waals surface area (Å²) in [6.45, 7) is 7.61. The molecule has 0 fully saturated rings. The van der Waals surface area contributed by atoms with Crippen molar-refractivity contribution in [1.29, 1.82) is 0 Å². The molecule has 8 heteroatoms. The molecule has 1 aromatic carbocycles. The molecule has 0 aliphatic rings. The minimum Gasteiger partial charge on any atom is -0.497 e. The molecular formula is C21H25NO6S. The molecule has 1 aromatic heterocycles. The van der Waals surface area contributed by atoms with Gasteiger partial charge in [-0.1, -0.05) is 19.9 Å². The molecule has 1 N–H and O–H groups in total. The number of amides is 1. The lowest BCUT2D eigenvalue weighted by Gasteiger charge is -2.08. The molecule has 0 aliphatic carbocycles. The van der Waals surface area contributed by atoms with Crippen LogP contribution < -0.4 is 10.1 Å². The van der Waals surface area contributed by atoms with Gasteiger partial charge in [0, 0.05) is 5.56 Å². The van der Waals surface area contributed by atoms with Crippen LogP contribution in [-0.2, 0) is 9.47 Å². The fraction of sp³-hybridized carbons (Fsp3) is 0.381. The monoisotopic (exact) mass is 419 g/mol. The van der Waals surface area contributed by atoms with Crippen molar-refractivity contribution in [3.63, 3.8) is 0 Å². The standard InChI is InChI=1S/C21H25NO6S/c1-6-27-20(24)16-13(4)17(21(25)28-11-12(2)3)29-19(16)22-18(23)14-8-7-9-15(10-14)26-5/h7-10,12H,6,11H2,1-5H3,(H,22,23). The number of ether oxygens (including phenoxy) is 3. The van der Waals surface area contributed by atoms with Crippen molar-refractivity contribution in [2.45, 2.75) is 27.7 Å². The van der Waals surface area contributed by atoms with Crippen LogP contribution in [0.4, 0.5) is 5.00 Å². The molecule has 156 valence electrons. The zero-order valence-corrected chi connectivity index (χ0v) is 18.0. The lowest BCUT2D eigenvalue weighted by molar-refractivity contribution is 0.0464. The van der Waals surface area contributed by atoms with Gasteiger partial charge in [0.25, 0.3) is 5.91 Å². The van der Waals surface area contributed by atoms with Crippen molar-refractivity contribution >= 4 is 34.2 Å². The van der Waals surface area contributed by atoms with E-state index in [1.54, 1.807) is 38.1 Å². The van der Waals surface area contributed by atoms with E-state index >= 15 is 0 Å². The first-order valence-corrected chi connectivity index (χ1v) is 10.0. The summed E-state index contributed by atoms with van der Waals surface area (Å²) in [5, 5.41) is 2.95. The Bertz CT molecular complexity index is 903. The molecule has 0 aliphatic heterocycles. The van der Waals surface area contributed by atoms with Gasteiger partial charge in [0.1, 0.15) is 15.6 Å². The molecule has 2 aromatic rings. The molecule has 0 atom stereocenters. The number of thiophene rings is 1. The molecule has 1 heterocycles. The van der Waals surface area contributed by atoms with Gasteiger partial charge < -0.3 is 19.5 Å². The van der Waals surface area contributed by atoms with E-state index in [0.29, 0.717) is 16.9 Å². The first kappa shape index (κ1) is 22.4. The second kappa shape index (κ2) is 10.1. The highest BCUT2D eigenvalue weighted by Gasteiger charge is 2.27. The highest BCUT2D eigenvalue weighted by molar-refractivity contribution is 7.18. The summed E-state index contributed by atoms with van der Waals surface area (Å²) in [4.78, 5) is 37.9. The lowest BCUT2D eigenvalue weighted by atomic mass is 10.1. The van der Waals surface area contributed by atoms with Gasteiger partial charge >= 0.3 is 11.9 Å². The molecule has 7 nitrogen and oxygen atoms in total. The summed E-state index contributed by atoms with van der Waals surface area (Å²) in [5.74, 6) is -0.865. The molecule has 0 saturated carbocycles. The van der Waals surface area contributed by atoms with E-state index in [2.05, 4.69) is 5.32 Å². The van der Waals surface area contributed by atoms with Crippen molar-refractivity contribution in [3.05, 3.63) is 45.8 Å². The van der Waals surface area contributed by atoms with E-state index in [4.69, 9.17) is 14.2 Å². The maximum Gasteiger partial charge on any atom is 0.348 e. The van der Waals surface area contributed by atoms with Crippen LogP contribution in [0.15, 0.2) is 24.3 Å². The van der Waals surface area contributed by atoms with Gasteiger partial charge in [0.2, 0.25) is 0 Å². The minimum atomic E-state index is -0.606. The molecular weight excluding hydrogens is 394 g/mol. The highest BCUT2D eigenvalue weighted by Crippen LogP contribution is 2.35. The molecule has 0 saturated heterocycles. The Hall–Kier alpha value is -2.87. The number of hydrogen-bond acceptors (Lipinski definition) is 7. The van der Waals surface area contributed by atoms with E-state index in [-0.39, 0.29) is 34.6 Å². The van der Waals surface area contributed by atoms with Gasteiger partial charge in [-0.25, -0.2) is 9.59 Å². The Kier molecular flexibility index (Phi) is 7.78. The average molecular weight is 419 g/mol. The van der Waals surface area contributed by atoms with Crippen LogP contribution in [-0.4, -0.2) is 38.2 Å². The third kappa shape index (κ3) is 5.57. The molecule has 0 bridgehead atoms. The number of methoxy groups -OCH3 is 1. The van der Waals surface area contributed by atoms with Crippen LogP contribution in [0.25, 0.3) is 0 Å². The van der Waals surface area contributed by atoms with Crippen LogP contribution in [0.1, 0.15) is 56.7 Å². The van der Waals surface area contributed by atoms with Gasteiger partial charge in [0.15, 0.2) is 0 Å². The summed E-state index contributed by atoms with van der Waals surface area (Å²) in [5.41, 5.74) is 0.932. The third-order valence-corrected chi connectivity index (χ3v) is 5.11. The number of esters is 2. The van der Waals surface area contributed by atoms with Crippen molar-refractivity contribution in [3.8, 4) is 5.75 Å². The quantitative estimate of drug-likeness (QED) is 0.641. The van der Waals surface area contributed by atoms with Gasteiger partial charge in [-0.3, -0.25) is 4.79 Å². The van der Waals surface area contributed by atoms with Gasteiger partial charge in [0.05, 0.1) is 25.9 Å². The topological polar surface area (TPSA) is 90.9 Å². The van der Waals surface area contributed by atoms with Crippen LogP contribution in [0.3, 0.4) is 0 Å². The summed E-state index contributed by atoms with van der Waals surface area (Å²) in [6.07, 6.45) is 0. The summed E-state index contributed by atoms with van der Waals surface area (Å²) in [7, 11) is 1.51. The van der Waals surface area contributed by atoms with Crippen LogP contribution >= 0.6 is 11.3 Å². The van der Waals surface area contributed by atoms with Crippen molar-refractivity contribution in [2.75, 3.05) is 25.6 Å². The molecule has 0 spiro atoms. The normalized spacial score (nSPS) is 10.6. The fourth-order valence-electron chi connectivity index (χ4n) is 2.49. The van der Waals surface area contributed by atoms with E-state index in [0.717, 1.165) is 11.3 Å². The smallest absolute Gasteiger partial charge is 0.348 e. The highest BCUT2D eigenvalue weighted by atomic mass is 32.1. The van der Waals surface area contributed by atoms with Crippen LogP contribution in [0.2, 0.25) is 0 Å². The Morgan fingerprint density at radius 1 is 1.14 bits per heavy atom. The van der Waals surface area contributed by atoms with Crippen molar-refractivity contribution in [2.24, 2.45) is 5.92 Å². The number of anilines is 1. The van der Waals surface area contributed by atoms with Crippen molar-refractivity contribution in [1.82, 2.24) is 0 Å². The second-order valence-corrected chi connectivity index (χ2v) is 7.68. The van der Waals surface area contributed by atoms with E-state index < -0.39 is 17.8 Å². The maximum atomic E-state index is 12.7. The Morgan fingerprint density at radius 3 is 2.48 bits per heavy atom. The first-order valence-electron chi connectivity index (χ1n) is 9.21. The van der Waals surface area contributed by atoms with E-state index in [9.17, 15) is 14.4 Å². The number of benzene rings is 1. The molecule has 0 unspecified atom stereocenters. The number of carbonyl (C=O) groups is 3. The number of rotatable bonds is 8. The van der Waals surface area contributed by atoms with E-state index in [1.807, 2.05) is 13.8 Å². The number of nitrogens with one attached hydrogen (secondary N) is 1. The number of hydrogen-bond donors (Lipinski definition) is 1. The van der Waals surface area contributed by atoms with Crippen LogP contribution in [0.5, 0.6) is 5.75 Å². The van der Waals surface area contributed by atoms with Gasteiger partial charge in [-0.2, -0.15) is 0 Å². The second-order valence-electron chi connectivity index (χ2n) is 6.66. The summed E-state index contributed by atoms with van der Waals surface area (Å²) in [6, 6.07) is 6.62. The first-order chi connectivity index (χ1) is 13.8. The Balaban J connectivity index is 2.37. The number of carbonyl (C=O) groups excluding carboxylic acids is 3. The average Bonchev–Trinajstić information content (AvgIpc) is 3.02. The Labute approximate surface area is 174 Å². The largest absolute Gasteiger partial charge is 0.497 e. The molecule has 2 rings (SSSR count). The van der Waals surface area contributed by atoms with E-state index in [1.165, 1.54) is 7.11 Å². The predicted octanol–water partition coefficient (Wildman–Crippen LogP) is 4.31. The third-order valence-electron chi connectivity index (χ3n) is 3.92. The Morgan fingerprint density at radius 2 is 1.86 bits per heavy atom. The van der Waals surface area contributed by atoms with Crippen molar-refractivity contribution < 1.29 is 28.6 Å². The molecule has 0 radical (unpaired) electrons. The zero-order chi connectivity index (χ0) is 21.6. The maximum absolute atomic E-state index is 12.7. The van der Waals surface area contributed by atoms with Gasteiger partial charge in [-0.05, 0) is 43.5 Å². The lowest BCUT2D eigenvalue weighted by Crippen LogP contribution is -2.15. The zero-order valence-electron chi connectivity index (χ0n) is 17.2.